The molecule has 0 spiro atoms. The van der Waals surface area contributed by atoms with E-state index in [1.807, 2.05) is 33.8 Å². The normalized spacial score (nSPS) is 23.2. The lowest BCUT2D eigenvalue weighted by molar-refractivity contribution is 0.00578. The Balaban J connectivity index is 1.74. The smallest absolute Gasteiger partial charge is 0.400 e. The van der Waals surface area contributed by atoms with Crippen LogP contribution >= 0.6 is 0 Å². The molecule has 0 bridgehead atoms. The maximum Gasteiger partial charge on any atom is 0.492 e. The van der Waals surface area contributed by atoms with E-state index in [1.54, 1.807) is 0 Å². The monoisotopic (exact) mass is 345 g/mol. The van der Waals surface area contributed by atoms with Gasteiger partial charge in [-0.05, 0) is 50.9 Å². The fourth-order valence-corrected chi connectivity index (χ4v) is 3.00. The SMILES string of the molecule is CC1(C)OB(C(=Cc2ccc(N3CCOCC3)cc2)CO)OC1(C)C. The largest absolute Gasteiger partial charge is 0.492 e. The van der Waals surface area contributed by atoms with Crippen molar-refractivity contribution in [3.8, 4) is 0 Å². The first-order valence-electron chi connectivity index (χ1n) is 8.92. The highest BCUT2D eigenvalue weighted by molar-refractivity contribution is 6.55. The van der Waals surface area contributed by atoms with E-state index in [0.717, 1.165) is 37.3 Å². The second-order valence-electron chi connectivity index (χ2n) is 7.66. The maximum atomic E-state index is 9.80. The zero-order valence-electron chi connectivity index (χ0n) is 15.6. The van der Waals surface area contributed by atoms with Crippen molar-refractivity contribution in [3.05, 3.63) is 35.3 Å². The first-order chi connectivity index (χ1) is 11.8. The first-order valence-corrected chi connectivity index (χ1v) is 8.92. The van der Waals surface area contributed by atoms with Crippen LogP contribution in [0.3, 0.4) is 0 Å². The second kappa shape index (κ2) is 7.12. The van der Waals surface area contributed by atoms with Gasteiger partial charge >= 0.3 is 7.12 Å². The zero-order valence-corrected chi connectivity index (χ0v) is 15.6. The zero-order chi connectivity index (χ0) is 18.1. The molecule has 0 unspecified atom stereocenters. The molecular formula is C19H28BNO4. The van der Waals surface area contributed by atoms with Crippen molar-refractivity contribution in [2.24, 2.45) is 0 Å². The molecule has 5 nitrogen and oxygen atoms in total. The van der Waals surface area contributed by atoms with Crippen LogP contribution in [-0.2, 0) is 14.0 Å². The van der Waals surface area contributed by atoms with E-state index in [9.17, 15) is 5.11 Å². The molecule has 2 aliphatic rings. The molecule has 1 aromatic carbocycles. The highest BCUT2D eigenvalue weighted by Gasteiger charge is 2.52. The van der Waals surface area contributed by atoms with Gasteiger partial charge in [-0.2, -0.15) is 0 Å². The summed E-state index contributed by atoms with van der Waals surface area (Å²) in [6.07, 6.45) is 1.95. The number of nitrogens with zero attached hydrogens (tertiary/aromatic N) is 1. The molecule has 0 aliphatic carbocycles. The number of hydrogen-bond acceptors (Lipinski definition) is 5. The fraction of sp³-hybridized carbons (Fsp3) is 0.579. The van der Waals surface area contributed by atoms with Gasteiger partial charge in [0.15, 0.2) is 0 Å². The molecule has 136 valence electrons. The molecule has 2 fully saturated rings. The van der Waals surface area contributed by atoms with Crippen LogP contribution in [0.5, 0.6) is 0 Å². The predicted octanol–water partition coefficient (Wildman–Crippen LogP) is 2.53. The Bertz CT molecular complexity index is 605. The molecule has 1 aromatic rings. The Morgan fingerprint density at radius 1 is 1.08 bits per heavy atom. The van der Waals surface area contributed by atoms with Crippen LogP contribution in [0.25, 0.3) is 6.08 Å². The number of rotatable bonds is 4. The lowest BCUT2D eigenvalue weighted by Crippen LogP contribution is -2.41. The Morgan fingerprint density at radius 3 is 2.16 bits per heavy atom. The molecule has 0 atom stereocenters. The van der Waals surface area contributed by atoms with Crippen LogP contribution < -0.4 is 4.90 Å². The third-order valence-electron chi connectivity index (χ3n) is 5.36. The molecule has 2 aliphatic heterocycles. The average Bonchev–Trinajstić information content (AvgIpc) is 2.81. The summed E-state index contributed by atoms with van der Waals surface area (Å²) in [5.74, 6) is 0. The average molecular weight is 345 g/mol. The summed E-state index contributed by atoms with van der Waals surface area (Å²) in [6.45, 7) is 11.4. The van der Waals surface area contributed by atoms with E-state index in [1.165, 1.54) is 5.69 Å². The van der Waals surface area contributed by atoms with Gasteiger partial charge < -0.3 is 24.1 Å². The van der Waals surface area contributed by atoms with Crippen LogP contribution in [0.15, 0.2) is 29.7 Å². The van der Waals surface area contributed by atoms with Gasteiger partial charge in [-0.25, -0.2) is 0 Å². The first kappa shape index (κ1) is 18.5. The third-order valence-corrected chi connectivity index (χ3v) is 5.36. The van der Waals surface area contributed by atoms with Crippen LogP contribution in [0.1, 0.15) is 33.3 Å². The van der Waals surface area contributed by atoms with Gasteiger partial charge in [0.25, 0.3) is 0 Å². The number of anilines is 1. The summed E-state index contributed by atoms with van der Waals surface area (Å²) < 4.78 is 17.5. The standard InChI is InChI=1S/C19H28BNO4/c1-18(2)19(3,4)25-20(24-18)16(14-22)13-15-5-7-17(8-6-15)21-9-11-23-12-10-21/h5-8,13,22H,9-12,14H2,1-4H3. The quantitative estimate of drug-likeness (QED) is 0.850. The minimum Gasteiger partial charge on any atom is -0.400 e. The Labute approximate surface area is 150 Å². The number of aliphatic hydroxyl groups excluding tert-OH is 1. The Kier molecular flexibility index (Phi) is 5.25. The van der Waals surface area contributed by atoms with Gasteiger partial charge in [-0.15, -0.1) is 0 Å². The summed E-state index contributed by atoms with van der Waals surface area (Å²) in [6, 6.07) is 8.34. The summed E-state index contributed by atoms with van der Waals surface area (Å²) >= 11 is 0. The van der Waals surface area contributed by atoms with Crippen LogP contribution in [0, 0.1) is 0 Å². The van der Waals surface area contributed by atoms with Gasteiger partial charge in [0.05, 0.1) is 31.0 Å². The van der Waals surface area contributed by atoms with Crippen molar-refractivity contribution in [3.63, 3.8) is 0 Å². The molecule has 0 aromatic heterocycles. The number of hydrogen-bond donors (Lipinski definition) is 1. The van der Waals surface area contributed by atoms with Crippen molar-refractivity contribution in [2.75, 3.05) is 37.8 Å². The summed E-state index contributed by atoms with van der Waals surface area (Å²) in [5.41, 5.74) is 2.13. The van der Waals surface area contributed by atoms with Crippen molar-refractivity contribution in [1.82, 2.24) is 0 Å². The highest BCUT2D eigenvalue weighted by Crippen LogP contribution is 2.38. The van der Waals surface area contributed by atoms with Gasteiger partial charge in [-0.3, -0.25) is 0 Å². The molecular weight excluding hydrogens is 317 g/mol. The molecule has 0 amide bonds. The topological polar surface area (TPSA) is 51.2 Å². The number of aliphatic hydroxyl groups is 1. The summed E-state index contributed by atoms with van der Waals surface area (Å²) in [4.78, 5) is 2.32. The molecule has 3 rings (SSSR count). The Hall–Kier alpha value is -1.34. The highest BCUT2D eigenvalue weighted by atomic mass is 16.7. The van der Waals surface area contributed by atoms with Crippen molar-refractivity contribution < 1.29 is 19.2 Å². The van der Waals surface area contributed by atoms with Crippen LogP contribution in [-0.4, -0.2) is 56.3 Å². The molecule has 2 heterocycles. The third kappa shape index (κ3) is 3.92. The lowest BCUT2D eigenvalue weighted by atomic mass is 9.77. The second-order valence-corrected chi connectivity index (χ2v) is 7.66. The summed E-state index contributed by atoms with van der Waals surface area (Å²) in [7, 11) is -0.520. The van der Waals surface area contributed by atoms with Crippen molar-refractivity contribution in [2.45, 2.75) is 38.9 Å². The molecule has 6 heteroatoms. The summed E-state index contributed by atoms with van der Waals surface area (Å²) in [5, 5.41) is 9.80. The molecule has 0 radical (unpaired) electrons. The molecule has 0 saturated carbocycles. The molecule has 25 heavy (non-hydrogen) atoms. The van der Waals surface area contributed by atoms with E-state index < -0.39 is 18.3 Å². The van der Waals surface area contributed by atoms with Gasteiger partial charge in [0.2, 0.25) is 0 Å². The lowest BCUT2D eigenvalue weighted by Gasteiger charge is -2.32. The van der Waals surface area contributed by atoms with Crippen LogP contribution in [0.2, 0.25) is 0 Å². The van der Waals surface area contributed by atoms with Gasteiger partial charge in [-0.1, -0.05) is 18.2 Å². The van der Waals surface area contributed by atoms with Crippen molar-refractivity contribution >= 4 is 18.9 Å². The van der Waals surface area contributed by atoms with Crippen molar-refractivity contribution in [1.29, 1.82) is 0 Å². The maximum absolute atomic E-state index is 9.80. The van der Waals surface area contributed by atoms with Gasteiger partial charge in [0, 0.05) is 18.8 Å². The number of ether oxygens (including phenoxy) is 1. The molecule has 1 N–H and O–H groups in total. The molecule has 2 saturated heterocycles. The minimum absolute atomic E-state index is 0.0952. The fourth-order valence-electron chi connectivity index (χ4n) is 3.00. The number of benzene rings is 1. The Morgan fingerprint density at radius 2 is 1.64 bits per heavy atom. The number of morpholine rings is 1. The van der Waals surface area contributed by atoms with E-state index in [4.69, 9.17) is 14.0 Å². The van der Waals surface area contributed by atoms with E-state index >= 15 is 0 Å². The van der Waals surface area contributed by atoms with Crippen LogP contribution in [0.4, 0.5) is 5.69 Å². The predicted molar refractivity (Wildman–Crippen MR) is 101 cm³/mol. The van der Waals surface area contributed by atoms with E-state index in [-0.39, 0.29) is 6.61 Å². The van der Waals surface area contributed by atoms with E-state index in [2.05, 4.69) is 29.2 Å². The van der Waals surface area contributed by atoms with Gasteiger partial charge in [0.1, 0.15) is 0 Å². The van der Waals surface area contributed by atoms with E-state index in [0.29, 0.717) is 0 Å². The minimum atomic E-state index is -0.520.